The van der Waals surface area contributed by atoms with Gasteiger partial charge in [0.1, 0.15) is 0 Å². The maximum atomic E-state index is 12.1. The minimum Gasteiger partial charge on any atom is -0.464 e. The molecule has 0 aliphatic heterocycles. The van der Waals surface area contributed by atoms with Gasteiger partial charge >= 0.3 is 11.9 Å². The van der Waals surface area contributed by atoms with E-state index in [2.05, 4.69) is 54.1 Å². The van der Waals surface area contributed by atoms with Gasteiger partial charge in [-0.3, -0.25) is 9.59 Å². The van der Waals surface area contributed by atoms with Crippen LogP contribution in [0.1, 0.15) is 187 Å². The Morgan fingerprint density at radius 3 is 1.00 bits per heavy atom. The fourth-order valence-electron chi connectivity index (χ4n) is 5.11. The molecule has 0 N–H and O–H groups in total. The van der Waals surface area contributed by atoms with Crippen molar-refractivity contribution in [3.63, 3.8) is 0 Å². The molecule has 0 bridgehead atoms. The molecule has 0 aromatic heterocycles. The zero-order valence-corrected chi connectivity index (χ0v) is 30.0. The van der Waals surface area contributed by atoms with Crippen molar-refractivity contribution >= 4 is 27.9 Å². The summed E-state index contributed by atoms with van der Waals surface area (Å²) < 4.78 is 10.6. The molecule has 0 rings (SSSR count). The monoisotopic (exact) mass is 668 g/mol. The predicted octanol–water partition coefficient (Wildman–Crippen LogP) is 12.5. The number of esters is 2. The number of carbonyl (C=O) groups is 2. The van der Waals surface area contributed by atoms with Gasteiger partial charge in [-0.1, -0.05) is 163 Å². The molecule has 0 amide bonds. The van der Waals surface area contributed by atoms with E-state index in [1.165, 1.54) is 135 Å². The van der Waals surface area contributed by atoms with Crippen LogP contribution in [0.4, 0.5) is 0 Å². The standard InChI is InChI=1S/C38H69BrO4/c1-3-5-7-9-11-13-15-17-19-21-23-25-27-29-31-33-35-43-38(41)36(39)37(40)42-34-32-30-28-26-24-22-20-18-16-14-12-10-8-6-4-2/h16-19,36H,3-15,20-35H2,1-2H3/b18-16-,19-17-. The van der Waals surface area contributed by atoms with Gasteiger partial charge in [-0.05, 0) is 64.2 Å². The minimum atomic E-state index is -1.02. The van der Waals surface area contributed by atoms with Gasteiger partial charge in [0, 0.05) is 0 Å². The summed E-state index contributed by atoms with van der Waals surface area (Å²) in [6.07, 6.45) is 42.8. The summed E-state index contributed by atoms with van der Waals surface area (Å²) in [7, 11) is 0. The summed E-state index contributed by atoms with van der Waals surface area (Å²) in [6.45, 7) is 5.26. The van der Waals surface area contributed by atoms with Crippen LogP contribution in [0.2, 0.25) is 0 Å². The van der Waals surface area contributed by atoms with E-state index in [9.17, 15) is 9.59 Å². The van der Waals surface area contributed by atoms with Crippen LogP contribution in [-0.2, 0) is 19.1 Å². The van der Waals surface area contributed by atoms with E-state index < -0.39 is 16.8 Å². The molecule has 0 saturated heterocycles. The van der Waals surface area contributed by atoms with Crippen molar-refractivity contribution in [1.82, 2.24) is 0 Å². The first-order valence-electron chi connectivity index (χ1n) is 18.4. The molecule has 1 unspecified atom stereocenters. The number of ether oxygens (including phenoxy) is 2. The van der Waals surface area contributed by atoms with Crippen LogP contribution in [-0.4, -0.2) is 30.0 Å². The van der Waals surface area contributed by atoms with Gasteiger partial charge in [0.05, 0.1) is 13.2 Å². The fraction of sp³-hybridized carbons (Fsp3) is 0.842. The Bertz CT molecular complexity index is 660. The van der Waals surface area contributed by atoms with Crippen molar-refractivity contribution in [3.8, 4) is 0 Å². The third-order valence-corrected chi connectivity index (χ3v) is 8.71. The Morgan fingerprint density at radius 2 is 0.698 bits per heavy atom. The normalized spacial score (nSPS) is 12.3. The Labute approximate surface area is 275 Å². The third-order valence-electron chi connectivity index (χ3n) is 7.96. The van der Waals surface area contributed by atoms with Crippen LogP contribution in [0.3, 0.4) is 0 Å². The molecule has 0 aliphatic carbocycles. The molecule has 5 heteroatoms. The topological polar surface area (TPSA) is 52.6 Å². The van der Waals surface area contributed by atoms with Gasteiger partial charge in [-0.15, -0.1) is 0 Å². The van der Waals surface area contributed by atoms with Crippen LogP contribution >= 0.6 is 15.9 Å². The number of hydrogen-bond acceptors (Lipinski definition) is 4. The smallest absolute Gasteiger partial charge is 0.331 e. The highest BCUT2D eigenvalue weighted by Crippen LogP contribution is 2.13. The van der Waals surface area contributed by atoms with E-state index in [-0.39, 0.29) is 0 Å². The molecule has 43 heavy (non-hydrogen) atoms. The van der Waals surface area contributed by atoms with Gasteiger partial charge in [0.25, 0.3) is 0 Å². The molecule has 0 fully saturated rings. The number of carbonyl (C=O) groups excluding carboxylic acids is 2. The number of allylic oxidation sites excluding steroid dienone is 4. The largest absolute Gasteiger partial charge is 0.464 e. The van der Waals surface area contributed by atoms with Crippen molar-refractivity contribution < 1.29 is 19.1 Å². The van der Waals surface area contributed by atoms with Crippen molar-refractivity contribution in [2.45, 2.75) is 192 Å². The predicted molar refractivity (Wildman–Crippen MR) is 189 cm³/mol. The van der Waals surface area contributed by atoms with E-state index in [4.69, 9.17) is 9.47 Å². The second-order valence-electron chi connectivity index (χ2n) is 12.2. The number of hydrogen-bond donors (Lipinski definition) is 0. The quantitative estimate of drug-likeness (QED) is 0.0229. The first-order valence-corrected chi connectivity index (χ1v) is 19.3. The highest BCUT2D eigenvalue weighted by atomic mass is 79.9. The van der Waals surface area contributed by atoms with Gasteiger partial charge in [0.2, 0.25) is 4.83 Å². The second kappa shape index (κ2) is 35.4. The molecule has 0 aliphatic rings. The summed E-state index contributed by atoms with van der Waals surface area (Å²) in [5, 5.41) is 0. The van der Waals surface area contributed by atoms with Crippen molar-refractivity contribution in [3.05, 3.63) is 24.3 Å². The molecule has 4 nitrogen and oxygen atoms in total. The number of unbranched alkanes of at least 4 members (excludes halogenated alkanes) is 23. The average molecular weight is 670 g/mol. The van der Waals surface area contributed by atoms with Crippen molar-refractivity contribution in [2.24, 2.45) is 0 Å². The summed E-state index contributed by atoms with van der Waals surface area (Å²) in [5.41, 5.74) is 0. The SMILES string of the molecule is CCCCCCC/C=C\CCCCCCCCOC(=O)C(Br)C(=O)OCCCCCCCC/C=C\CCCCCCCC. The fourth-order valence-corrected chi connectivity index (χ4v) is 5.37. The number of rotatable bonds is 33. The first-order chi connectivity index (χ1) is 21.1. The molecule has 0 radical (unpaired) electrons. The van der Waals surface area contributed by atoms with E-state index in [0.29, 0.717) is 13.2 Å². The highest BCUT2D eigenvalue weighted by molar-refractivity contribution is 9.10. The van der Waals surface area contributed by atoms with E-state index in [1.807, 2.05) is 0 Å². The molecular weight excluding hydrogens is 600 g/mol. The van der Waals surface area contributed by atoms with E-state index in [0.717, 1.165) is 38.5 Å². The zero-order chi connectivity index (χ0) is 31.5. The second-order valence-corrected chi connectivity index (χ2v) is 13.1. The van der Waals surface area contributed by atoms with Crippen LogP contribution < -0.4 is 0 Å². The summed E-state index contributed by atoms with van der Waals surface area (Å²) in [5.74, 6) is -1.08. The van der Waals surface area contributed by atoms with Gasteiger partial charge in [-0.2, -0.15) is 0 Å². The van der Waals surface area contributed by atoms with Gasteiger partial charge < -0.3 is 9.47 Å². The Morgan fingerprint density at radius 1 is 0.442 bits per heavy atom. The maximum absolute atomic E-state index is 12.1. The van der Waals surface area contributed by atoms with Crippen LogP contribution in [0, 0.1) is 0 Å². The van der Waals surface area contributed by atoms with E-state index in [1.54, 1.807) is 0 Å². The van der Waals surface area contributed by atoms with E-state index >= 15 is 0 Å². The number of alkyl halides is 1. The minimum absolute atomic E-state index is 0.365. The van der Waals surface area contributed by atoms with Crippen LogP contribution in [0.5, 0.6) is 0 Å². The first kappa shape index (κ1) is 41.9. The molecule has 252 valence electrons. The van der Waals surface area contributed by atoms with Gasteiger partial charge in [-0.25, -0.2) is 0 Å². The molecule has 0 saturated carbocycles. The number of halogens is 1. The molecular formula is C38H69BrO4. The Hall–Kier alpha value is -1.10. The lowest BCUT2D eigenvalue weighted by molar-refractivity contribution is -0.153. The molecule has 0 aromatic carbocycles. The lowest BCUT2D eigenvalue weighted by Gasteiger charge is -2.10. The summed E-state index contributed by atoms with van der Waals surface area (Å²) >= 11 is 3.15. The zero-order valence-electron chi connectivity index (χ0n) is 28.4. The van der Waals surface area contributed by atoms with Crippen molar-refractivity contribution in [2.75, 3.05) is 13.2 Å². The molecule has 0 heterocycles. The average Bonchev–Trinajstić information content (AvgIpc) is 3.01. The van der Waals surface area contributed by atoms with Crippen LogP contribution in [0.15, 0.2) is 24.3 Å². The third kappa shape index (κ3) is 32.1. The molecule has 0 spiro atoms. The lowest BCUT2D eigenvalue weighted by Crippen LogP contribution is -2.28. The Balaban J connectivity index is 3.47. The maximum Gasteiger partial charge on any atom is 0.331 e. The molecule has 0 aromatic rings. The highest BCUT2D eigenvalue weighted by Gasteiger charge is 2.26. The van der Waals surface area contributed by atoms with Crippen LogP contribution in [0.25, 0.3) is 0 Å². The lowest BCUT2D eigenvalue weighted by atomic mass is 10.1. The summed E-state index contributed by atoms with van der Waals surface area (Å²) in [6, 6.07) is 0. The Kier molecular flexibility index (Phi) is 34.5. The summed E-state index contributed by atoms with van der Waals surface area (Å²) in [4.78, 5) is 23.2. The molecule has 1 atom stereocenters. The van der Waals surface area contributed by atoms with Crippen molar-refractivity contribution in [1.29, 1.82) is 0 Å². The van der Waals surface area contributed by atoms with Gasteiger partial charge in [0.15, 0.2) is 0 Å².